The molecule has 0 unspecified atom stereocenters. The van der Waals surface area contributed by atoms with Crippen molar-refractivity contribution in [3.63, 3.8) is 0 Å². The van der Waals surface area contributed by atoms with Crippen LogP contribution in [0.5, 0.6) is 0 Å². The van der Waals surface area contributed by atoms with Gasteiger partial charge in [-0.3, -0.25) is 0 Å². The third kappa shape index (κ3) is 3.25. The number of nitrogens with zero attached hydrogens (tertiary/aromatic N) is 1. The Morgan fingerprint density at radius 2 is 0.923 bits per heavy atom. The molecule has 1 nitrogen and oxygen atoms in total. The molecule has 248 valence electrons. The van der Waals surface area contributed by atoms with Gasteiger partial charge in [0.05, 0.1) is 11.4 Å². The van der Waals surface area contributed by atoms with Crippen LogP contribution >= 0.6 is 0 Å². The van der Waals surface area contributed by atoms with Crippen molar-refractivity contribution in [2.75, 3.05) is 4.90 Å². The molecule has 0 saturated heterocycles. The van der Waals surface area contributed by atoms with Crippen molar-refractivity contribution in [2.45, 2.75) is 37.5 Å². The summed E-state index contributed by atoms with van der Waals surface area (Å²) in [5.74, 6) is 3.33. The smallest absolute Gasteiger partial charge is 0.182 e. The van der Waals surface area contributed by atoms with Crippen molar-refractivity contribution in [3.05, 3.63) is 163 Å². The van der Waals surface area contributed by atoms with Crippen molar-refractivity contribution in [3.8, 4) is 22.3 Å². The van der Waals surface area contributed by atoms with Gasteiger partial charge in [-0.05, 0) is 151 Å². The van der Waals surface area contributed by atoms with E-state index < -0.39 is 8.07 Å². The normalized spacial score (nSPS) is 24.0. The van der Waals surface area contributed by atoms with Crippen LogP contribution in [0.4, 0.5) is 17.1 Å². The SMILES string of the molecule is c1ccc2c(c1)-c1ccccc1[Si]21c2cc(N3c4ccccc4C4(c5ccccc53)C3CC5CC(C3)CC4C5)ccc2-c2cc3ccccc3cc21. The van der Waals surface area contributed by atoms with E-state index in [-0.39, 0.29) is 5.41 Å². The van der Waals surface area contributed by atoms with E-state index in [1.165, 1.54) is 97.8 Å². The minimum atomic E-state index is -2.63. The zero-order chi connectivity index (χ0) is 33.8. The molecular weight excluding hydrogens is 643 g/mol. The molecule has 7 aromatic rings. The summed E-state index contributed by atoms with van der Waals surface area (Å²) in [6.45, 7) is 0. The topological polar surface area (TPSA) is 3.24 Å². The molecular formula is C50H39NSi. The van der Waals surface area contributed by atoms with E-state index in [1.807, 2.05) is 0 Å². The summed E-state index contributed by atoms with van der Waals surface area (Å²) in [7, 11) is -2.63. The number of hydrogen-bond donors (Lipinski definition) is 0. The van der Waals surface area contributed by atoms with Gasteiger partial charge in [-0.2, -0.15) is 0 Å². The van der Waals surface area contributed by atoms with E-state index >= 15 is 0 Å². The van der Waals surface area contributed by atoms with Crippen LogP contribution in [0, 0.1) is 23.7 Å². The number of para-hydroxylation sites is 2. The van der Waals surface area contributed by atoms with Gasteiger partial charge in [0.25, 0.3) is 0 Å². The van der Waals surface area contributed by atoms with Crippen LogP contribution in [-0.2, 0) is 5.41 Å². The fourth-order valence-electron chi connectivity index (χ4n) is 13.3. The molecule has 3 aliphatic heterocycles. The Bertz CT molecular complexity index is 2560. The molecule has 0 aromatic heterocycles. The van der Waals surface area contributed by atoms with Gasteiger partial charge in [-0.15, -0.1) is 0 Å². The van der Waals surface area contributed by atoms with Crippen LogP contribution in [0.15, 0.2) is 152 Å². The van der Waals surface area contributed by atoms with Gasteiger partial charge in [0.2, 0.25) is 0 Å². The summed E-state index contributed by atoms with van der Waals surface area (Å²) in [6.07, 6.45) is 7.06. The highest BCUT2D eigenvalue weighted by atomic mass is 28.3. The van der Waals surface area contributed by atoms with Crippen molar-refractivity contribution in [2.24, 2.45) is 23.7 Å². The average Bonchev–Trinajstić information content (AvgIpc) is 3.64. The average molecular weight is 682 g/mol. The molecule has 2 spiro atoms. The fourth-order valence-corrected chi connectivity index (χ4v) is 19.0. The second kappa shape index (κ2) is 9.82. The molecule has 7 aromatic carbocycles. The van der Waals surface area contributed by atoms with Gasteiger partial charge >= 0.3 is 0 Å². The minimum Gasteiger partial charge on any atom is -0.310 e. The molecule has 2 heteroatoms. The lowest BCUT2D eigenvalue weighted by molar-refractivity contribution is -0.0419. The van der Waals surface area contributed by atoms with E-state index in [4.69, 9.17) is 0 Å². The summed E-state index contributed by atoms with van der Waals surface area (Å²) in [6, 6.07) is 59.5. The van der Waals surface area contributed by atoms with Crippen LogP contribution in [0.2, 0.25) is 0 Å². The van der Waals surface area contributed by atoms with Crippen molar-refractivity contribution < 1.29 is 0 Å². The zero-order valence-electron chi connectivity index (χ0n) is 29.2. The molecule has 0 radical (unpaired) electrons. The Labute approximate surface area is 306 Å². The number of fused-ring (bicyclic) bond motifs is 13. The van der Waals surface area contributed by atoms with Crippen LogP contribution in [-0.4, -0.2) is 8.07 Å². The highest BCUT2D eigenvalue weighted by Gasteiger charge is 2.61. The second-order valence-electron chi connectivity index (χ2n) is 16.9. The highest BCUT2D eigenvalue weighted by Crippen LogP contribution is 2.69. The Morgan fingerprint density at radius 1 is 0.423 bits per heavy atom. The first-order valence-corrected chi connectivity index (χ1v) is 21.6. The van der Waals surface area contributed by atoms with Gasteiger partial charge in [-0.25, -0.2) is 0 Å². The molecule has 4 aliphatic carbocycles. The van der Waals surface area contributed by atoms with E-state index in [2.05, 4.69) is 157 Å². The van der Waals surface area contributed by atoms with E-state index in [0.717, 1.165) is 23.7 Å². The van der Waals surface area contributed by atoms with E-state index in [0.29, 0.717) is 0 Å². The van der Waals surface area contributed by atoms with Crippen molar-refractivity contribution >= 4 is 56.7 Å². The molecule has 7 aliphatic rings. The maximum absolute atomic E-state index is 2.66. The highest BCUT2D eigenvalue weighted by molar-refractivity contribution is 7.24. The predicted molar refractivity (Wildman–Crippen MR) is 218 cm³/mol. The molecule has 0 N–H and O–H groups in total. The standard InChI is InChI=1S/C50H39NSi/c1-2-12-34-29-48-41(28-33(34)11-1)40-22-21-37(30-49(40)52(48)46-19-9-3-13-38(46)39-14-4-10-20-47(39)52)51-44-17-7-5-15-42(44)50(43-16-6-8-18-45(43)51)35-24-31-23-32(26-35)27-36(50)25-31/h1-22,28-32,35-36H,23-27H2. The largest absolute Gasteiger partial charge is 0.310 e. The lowest BCUT2D eigenvalue weighted by atomic mass is 9.41. The number of hydrogen-bond acceptors (Lipinski definition) is 1. The lowest BCUT2D eigenvalue weighted by Crippen LogP contribution is -2.70. The van der Waals surface area contributed by atoms with Gasteiger partial charge in [0.1, 0.15) is 0 Å². The molecule has 4 bridgehead atoms. The maximum Gasteiger partial charge on any atom is 0.182 e. The van der Waals surface area contributed by atoms with E-state index in [1.54, 1.807) is 16.3 Å². The van der Waals surface area contributed by atoms with Gasteiger partial charge in [0.15, 0.2) is 8.07 Å². The van der Waals surface area contributed by atoms with Crippen LogP contribution in [0.25, 0.3) is 33.0 Å². The molecule has 4 fully saturated rings. The zero-order valence-corrected chi connectivity index (χ0v) is 30.2. The third-order valence-electron chi connectivity index (χ3n) is 14.8. The number of anilines is 3. The number of benzene rings is 7. The minimum absolute atomic E-state index is 0.115. The quantitative estimate of drug-likeness (QED) is 0.156. The monoisotopic (exact) mass is 681 g/mol. The summed E-state index contributed by atoms with van der Waals surface area (Å²) < 4.78 is 0. The molecule has 0 amide bonds. The fraction of sp³-hybridized carbons (Fsp3) is 0.200. The summed E-state index contributed by atoms with van der Waals surface area (Å²) in [5, 5.41) is 8.82. The Hall–Kier alpha value is -5.18. The summed E-state index contributed by atoms with van der Waals surface area (Å²) in [5.41, 5.74) is 13.0. The van der Waals surface area contributed by atoms with Gasteiger partial charge < -0.3 is 4.90 Å². The summed E-state index contributed by atoms with van der Waals surface area (Å²) in [4.78, 5) is 2.66. The van der Waals surface area contributed by atoms with Gasteiger partial charge in [0, 0.05) is 11.1 Å². The van der Waals surface area contributed by atoms with Crippen molar-refractivity contribution in [1.82, 2.24) is 0 Å². The van der Waals surface area contributed by atoms with Gasteiger partial charge in [-0.1, -0.05) is 121 Å². The first-order chi connectivity index (χ1) is 25.7. The van der Waals surface area contributed by atoms with E-state index in [9.17, 15) is 0 Å². The van der Waals surface area contributed by atoms with Crippen LogP contribution in [0.1, 0.15) is 43.2 Å². The third-order valence-corrected chi connectivity index (χ3v) is 19.7. The molecule has 52 heavy (non-hydrogen) atoms. The van der Waals surface area contributed by atoms with Crippen molar-refractivity contribution in [1.29, 1.82) is 0 Å². The molecule has 3 heterocycles. The first kappa shape index (κ1) is 28.4. The Kier molecular flexibility index (Phi) is 5.36. The molecule has 0 atom stereocenters. The summed E-state index contributed by atoms with van der Waals surface area (Å²) >= 11 is 0. The number of rotatable bonds is 1. The second-order valence-corrected chi connectivity index (χ2v) is 20.5. The predicted octanol–water partition coefficient (Wildman–Crippen LogP) is 9.70. The van der Waals surface area contributed by atoms with Crippen LogP contribution in [0.3, 0.4) is 0 Å². The molecule has 4 saturated carbocycles. The Balaban J connectivity index is 1.09. The first-order valence-electron chi connectivity index (χ1n) is 19.6. The molecule has 14 rings (SSSR count). The lowest BCUT2D eigenvalue weighted by Gasteiger charge is -2.64. The maximum atomic E-state index is 2.66. The Morgan fingerprint density at radius 3 is 1.56 bits per heavy atom. The van der Waals surface area contributed by atoms with Crippen LogP contribution < -0.4 is 25.6 Å².